The Kier molecular flexibility index (Phi) is 5.75. The van der Waals surface area contributed by atoms with E-state index in [2.05, 4.69) is 15.3 Å². The van der Waals surface area contributed by atoms with Gasteiger partial charge in [-0.3, -0.25) is 9.36 Å². The van der Waals surface area contributed by atoms with Gasteiger partial charge in [0.2, 0.25) is 16.0 Å². The molecule has 2 fully saturated rings. The fourth-order valence-corrected chi connectivity index (χ4v) is 5.55. The van der Waals surface area contributed by atoms with E-state index in [0.717, 1.165) is 25.7 Å². The summed E-state index contributed by atoms with van der Waals surface area (Å²) in [7, 11) is -3.16. The summed E-state index contributed by atoms with van der Waals surface area (Å²) in [6.45, 7) is 2.60. The number of nitrogens with one attached hydrogen (secondary N) is 1. The average Bonchev–Trinajstić information content (AvgIpc) is 3.28. The molecule has 4 rings (SSSR count). The molecule has 0 aromatic carbocycles. The summed E-state index contributed by atoms with van der Waals surface area (Å²) in [5.41, 5.74) is 0.372. The second-order valence-electron chi connectivity index (χ2n) is 7.97. The predicted octanol–water partition coefficient (Wildman–Crippen LogP) is 2.25. The van der Waals surface area contributed by atoms with Gasteiger partial charge in [-0.15, -0.1) is 0 Å². The number of nitrogens with zero attached hydrogens (tertiary/aromatic N) is 5. The van der Waals surface area contributed by atoms with Crippen LogP contribution >= 0.6 is 0 Å². The van der Waals surface area contributed by atoms with Crippen LogP contribution in [-0.4, -0.2) is 52.1 Å². The molecule has 0 unspecified atom stereocenters. The lowest BCUT2D eigenvalue weighted by atomic mass is 10.1. The van der Waals surface area contributed by atoms with E-state index in [1.807, 2.05) is 6.07 Å². The Morgan fingerprint density at radius 2 is 1.97 bits per heavy atom. The highest BCUT2D eigenvalue weighted by molar-refractivity contribution is 7.89. The number of aromatic nitrogens is 3. The standard InChI is InChI=1S/C20H26N6O3S.H2/c1-2-30(28,29)25-9-7-16(8-10-25)23-20-22-13-15-11-14(12-21)19(27)26(18(15)24-20)17-5-3-4-6-17;/h11,13,16-17H,2-10H2,1H3,(H,22,23,24);1H. The van der Waals surface area contributed by atoms with Gasteiger partial charge < -0.3 is 5.32 Å². The van der Waals surface area contributed by atoms with E-state index in [0.29, 0.717) is 42.9 Å². The molecule has 0 atom stereocenters. The molecule has 0 amide bonds. The van der Waals surface area contributed by atoms with Gasteiger partial charge in [0.15, 0.2) is 0 Å². The molecular weight excluding hydrogens is 404 g/mol. The Hall–Kier alpha value is -2.51. The number of pyridine rings is 1. The van der Waals surface area contributed by atoms with E-state index in [4.69, 9.17) is 0 Å². The van der Waals surface area contributed by atoms with Crippen molar-refractivity contribution in [3.63, 3.8) is 0 Å². The van der Waals surface area contributed by atoms with Crippen LogP contribution < -0.4 is 10.9 Å². The minimum Gasteiger partial charge on any atom is -0.351 e. The fraction of sp³-hybridized carbons (Fsp3) is 0.600. The van der Waals surface area contributed by atoms with Crippen LogP contribution in [0.5, 0.6) is 0 Å². The van der Waals surface area contributed by atoms with Crippen LogP contribution in [0.15, 0.2) is 17.1 Å². The maximum absolute atomic E-state index is 12.9. The topological polar surface area (TPSA) is 121 Å². The molecule has 1 aliphatic heterocycles. The lowest BCUT2D eigenvalue weighted by molar-refractivity contribution is 0.329. The monoisotopic (exact) mass is 432 g/mol. The molecule has 1 saturated heterocycles. The van der Waals surface area contributed by atoms with Crippen LogP contribution in [0.25, 0.3) is 11.0 Å². The first-order chi connectivity index (χ1) is 14.4. The lowest BCUT2D eigenvalue weighted by Gasteiger charge is -2.31. The van der Waals surface area contributed by atoms with Crippen molar-refractivity contribution in [2.24, 2.45) is 0 Å². The van der Waals surface area contributed by atoms with Crippen molar-refractivity contribution in [3.8, 4) is 6.07 Å². The molecule has 2 aliphatic rings. The van der Waals surface area contributed by atoms with Gasteiger partial charge in [0.05, 0.1) is 5.75 Å². The third-order valence-corrected chi connectivity index (χ3v) is 8.01. The molecule has 2 aromatic heterocycles. The summed E-state index contributed by atoms with van der Waals surface area (Å²) < 4.78 is 27.3. The third kappa shape index (κ3) is 3.91. The molecule has 30 heavy (non-hydrogen) atoms. The molecule has 0 spiro atoms. The molecule has 1 saturated carbocycles. The number of hydrogen-bond acceptors (Lipinski definition) is 7. The van der Waals surface area contributed by atoms with E-state index in [1.54, 1.807) is 23.8 Å². The summed E-state index contributed by atoms with van der Waals surface area (Å²) in [5.74, 6) is 0.539. The SMILES string of the molecule is CCS(=O)(=O)N1CCC(Nc2ncc3cc(C#N)c(=O)n(C4CCCC4)c3n2)CC1.[HH]. The van der Waals surface area contributed by atoms with Gasteiger partial charge in [0.1, 0.15) is 17.3 Å². The van der Waals surface area contributed by atoms with E-state index in [9.17, 15) is 18.5 Å². The second kappa shape index (κ2) is 8.32. The van der Waals surface area contributed by atoms with E-state index < -0.39 is 10.0 Å². The van der Waals surface area contributed by atoms with Crippen molar-refractivity contribution < 1.29 is 9.84 Å². The highest BCUT2D eigenvalue weighted by atomic mass is 32.2. The van der Waals surface area contributed by atoms with Crippen LogP contribution in [0.4, 0.5) is 5.95 Å². The highest BCUT2D eigenvalue weighted by Crippen LogP contribution is 2.30. The van der Waals surface area contributed by atoms with Crippen molar-refractivity contribution >= 4 is 27.0 Å². The number of rotatable bonds is 5. The van der Waals surface area contributed by atoms with Gasteiger partial charge in [0, 0.05) is 38.2 Å². The minimum atomic E-state index is -3.16. The Morgan fingerprint density at radius 1 is 1.27 bits per heavy atom. The zero-order valence-corrected chi connectivity index (χ0v) is 17.9. The number of sulfonamides is 1. The van der Waals surface area contributed by atoms with Crippen molar-refractivity contribution in [3.05, 3.63) is 28.2 Å². The van der Waals surface area contributed by atoms with Gasteiger partial charge in [-0.2, -0.15) is 10.2 Å². The van der Waals surface area contributed by atoms with Crippen LogP contribution in [0.3, 0.4) is 0 Å². The summed E-state index contributed by atoms with van der Waals surface area (Å²) in [6.07, 6.45) is 6.91. The number of hydrogen-bond donors (Lipinski definition) is 1. The van der Waals surface area contributed by atoms with Gasteiger partial charge >= 0.3 is 0 Å². The van der Waals surface area contributed by atoms with Crippen molar-refractivity contribution in [2.75, 3.05) is 24.2 Å². The maximum atomic E-state index is 12.9. The quantitative estimate of drug-likeness (QED) is 0.769. The van der Waals surface area contributed by atoms with Crippen molar-refractivity contribution in [2.45, 2.75) is 57.5 Å². The number of nitriles is 1. The number of anilines is 1. The lowest BCUT2D eigenvalue weighted by Crippen LogP contribution is -2.43. The summed E-state index contributed by atoms with van der Waals surface area (Å²) >= 11 is 0. The van der Waals surface area contributed by atoms with E-state index in [1.165, 1.54) is 4.31 Å². The van der Waals surface area contributed by atoms with E-state index in [-0.39, 0.29) is 30.4 Å². The Bertz CT molecular complexity index is 1150. The third-order valence-electron chi connectivity index (χ3n) is 6.13. The van der Waals surface area contributed by atoms with Crippen LogP contribution in [0, 0.1) is 11.3 Å². The van der Waals surface area contributed by atoms with Crippen LogP contribution in [-0.2, 0) is 10.0 Å². The predicted molar refractivity (Wildman–Crippen MR) is 116 cm³/mol. The molecule has 2 aromatic rings. The first-order valence-electron chi connectivity index (χ1n) is 10.5. The van der Waals surface area contributed by atoms with Crippen molar-refractivity contribution in [1.82, 2.24) is 18.8 Å². The summed E-state index contributed by atoms with van der Waals surface area (Å²) in [6, 6.07) is 3.67. The zero-order chi connectivity index (χ0) is 21.3. The second-order valence-corrected chi connectivity index (χ2v) is 10.2. The Balaban J connectivity index is 0.00000272. The normalized spacial score (nSPS) is 19.2. The molecule has 0 bridgehead atoms. The Morgan fingerprint density at radius 3 is 2.60 bits per heavy atom. The molecule has 3 heterocycles. The molecule has 1 N–H and O–H groups in total. The smallest absolute Gasteiger partial charge is 0.270 e. The molecular formula is C20H28N6O3S. The van der Waals surface area contributed by atoms with Crippen LogP contribution in [0.2, 0.25) is 0 Å². The first kappa shape index (κ1) is 20.8. The maximum Gasteiger partial charge on any atom is 0.270 e. The molecule has 162 valence electrons. The average molecular weight is 433 g/mol. The molecule has 1 aliphatic carbocycles. The van der Waals surface area contributed by atoms with Crippen LogP contribution in [0.1, 0.15) is 58.5 Å². The fourth-order valence-electron chi connectivity index (χ4n) is 4.41. The number of fused-ring (bicyclic) bond motifs is 1. The van der Waals surface area contributed by atoms with Crippen molar-refractivity contribution in [1.29, 1.82) is 5.26 Å². The summed E-state index contributed by atoms with van der Waals surface area (Å²) in [5, 5.41) is 13.3. The number of piperidine rings is 1. The first-order valence-corrected chi connectivity index (χ1v) is 12.1. The molecule has 9 nitrogen and oxygen atoms in total. The molecule has 0 radical (unpaired) electrons. The largest absolute Gasteiger partial charge is 0.351 e. The molecule has 10 heteroatoms. The zero-order valence-electron chi connectivity index (χ0n) is 17.0. The highest BCUT2D eigenvalue weighted by Gasteiger charge is 2.27. The summed E-state index contributed by atoms with van der Waals surface area (Å²) in [4.78, 5) is 21.9. The van der Waals surface area contributed by atoms with E-state index >= 15 is 0 Å². The van der Waals surface area contributed by atoms with Gasteiger partial charge in [0.25, 0.3) is 5.56 Å². The van der Waals surface area contributed by atoms with Gasteiger partial charge in [-0.05, 0) is 38.7 Å². The minimum absolute atomic E-state index is 0. The van der Waals surface area contributed by atoms with Gasteiger partial charge in [-0.25, -0.2) is 17.7 Å². The Labute approximate surface area is 177 Å². The van der Waals surface area contributed by atoms with Gasteiger partial charge in [-0.1, -0.05) is 12.8 Å².